The van der Waals surface area contributed by atoms with Gasteiger partial charge in [0.05, 0.1) is 11.9 Å². The largest absolute Gasteiger partial charge is 0.507 e. The Morgan fingerprint density at radius 1 is 1.33 bits per heavy atom. The van der Waals surface area contributed by atoms with E-state index < -0.39 is 26.6 Å². The molecule has 0 saturated carbocycles. The van der Waals surface area contributed by atoms with Crippen molar-refractivity contribution in [3.8, 4) is 5.75 Å². The third kappa shape index (κ3) is 2.68. The number of phenols is 1. The number of carbonyl (C=O) groups is 1. The number of benzene rings is 1. The van der Waals surface area contributed by atoms with Crippen molar-refractivity contribution in [2.45, 2.75) is 18.9 Å². The van der Waals surface area contributed by atoms with Crippen molar-refractivity contribution < 1.29 is 23.4 Å². The molecule has 112 valence electrons. The average Bonchev–Trinajstić information content (AvgIpc) is 2.90. The van der Waals surface area contributed by atoms with Gasteiger partial charge in [0.2, 0.25) is 0 Å². The molecule has 2 rings (SSSR count). The fourth-order valence-electron chi connectivity index (χ4n) is 1.77. The summed E-state index contributed by atoms with van der Waals surface area (Å²) in [6.07, 6.45) is 0.913. The van der Waals surface area contributed by atoms with Gasteiger partial charge in [0.25, 0.3) is 10.0 Å². The Labute approximate surface area is 120 Å². The van der Waals surface area contributed by atoms with Gasteiger partial charge in [-0.05, 0) is 25.5 Å². The number of sulfonamides is 1. The van der Waals surface area contributed by atoms with E-state index in [9.17, 15) is 18.3 Å². The van der Waals surface area contributed by atoms with Gasteiger partial charge in [-0.1, -0.05) is 6.07 Å². The highest BCUT2D eigenvalue weighted by atomic mass is 32.2. The Hall–Kier alpha value is -2.55. The molecule has 2 aromatic rings. The maximum Gasteiger partial charge on any atom is 0.340 e. The van der Waals surface area contributed by atoms with E-state index in [1.165, 1.54) is 6.07 Å². The highest BCUT2D eigenvalue weighted by Crippen LogP contribution is 2.29. The lowest BCUT2D eigenvalue weighted by Crippen LogP contribution is -2.17. The molecule has 4 N–H and O–H groups in total. The summed E-state index contributed by atoms with van der Waals surface area (Å²) >= 11 is 0. The predicted molar refractivity (Wildman–Crippen MR) is 73.9 cm³/mol. The van der Waals surface area contributed by atoms with Crippen LogP contribution in [0, 0.1) is 13.8 Å². The van der Waals surface area contributed by atoms with Crippen LogP contribution >= 0.6 is 0 Å². The van der Waals surface area contributed by atoms with Gasteiger partial charge in [0.1, 0.15) is 11.3 Å². The minimum atomic E-state index is -4.16. The van der Waals surface area contributed by atoms with Crippen molar-refractivity contribution in [2.24, 2.45) is 0 Å². The van der Waals surface area contributed by atoms with Crippen molar-refractivity contribution >= 4 is 21.7 Å². The number of hydrogen-bond acceptors (Lipinski definition) is 5. The van der Waals surface area contributed by atoms with Crippen LogP contribution in [0.2, 0.25) is 0 Å². The molecule has 9 heteroatoms. The first-order valence-electron chi connectivity index (χ1n) is 5.82. The van der Waals surface area contributed by atoms with Crippen LogP contribution in [0.5, 0.6) is 5.75 Å². The molecule has 0 radical (unpaired) electrons. The van der Waals surface area contributed by atoms with Crippen LogP contribution in [0.4, 0.5) is 5.69 Å². The van der Waals surface area contributed by atoms with Gasteiger partial charge >= 0.3 is 5.97 Å². The lowest BCUT2D eigenvalue weighted by molar-refractivity contribution is 0.0692. The van der Waals surface area contributed by atoms with Crippen molar-refractivity contribution in [3.05, 3.63) is 35.0 Å². The molecule has 1 heterocycles. The monoisotopic (exact) mass is 311 g/mol. The molecule has 8 nitrogen and oxygen atoms in total. The molecule has 0 aliphatic carbocycles. The molecule has 0 unspecified atom stereocenters. The number of phenolic OH excluding ortho intramolecular Hbond substituents is 1. The first kappa shape index (κ1) is 14.9. The average molecular weight is 311 g/mol. The second-order valence-corrected chi connectivity index (χ2v) is 6.05. The third-order valence-corrected chi connectivity index (χ3v) is 4.32. The van der Waals surface area contributed by atoms with E-state index in [0.29, 0.717) is 11.1 Å². The molecule has 0 aliphatic rings. The molecule has 1 aromatic carbocycles. The van der Waals surface area contributed by atoms with Gasteiger partial charge in [0.15, 0.2) is 5.03 Å². The Morgan fingerprint density at radius 2 is 2.00 bits per heavy atom. The molecule has 0 fully saturated rings. The number of nitrogens with zero attached hydrogens (tertiary/aromatic N) is 1. The van der Waals surface area contributed by atoms with E-state index in [1.54, 1.807) is 19.9 Å². The van der Waals surface area contributed by atoms with E-state index in [4.69, 9.17) is 5.11 Å². The zero-order chi connectivity index (χ0) is 15.8. The highest BCUT2D eigenvalue weighted by molar-refractivity contribution is 7.92. The molecule has 0 saturated heterocycles. The number of aryl methyl sites for hydroxylation is 1. The van der Waals surface area contributed by atoms with E-state index >= 15 is 0 Å². The Bertz CT molecular complexity index is 810. The summed E-state index contributed by atoms with van der Waals surface area (Å²) in [5.41, 5.74) is 0.638. The highest BCUT2D eigenvalue weighted by Gasteiger charge is 2.25. The summed E-state index contributed by atoms with van der Waals surface area (Å²) in [4.78, 5) is 11.0. The maximum absolute atomic E-state index is 12.2. The number of hydrogen-bond donors (Lipinski definition) is 4. The SMILES string of the molecule is Cc1ccc(NS(=O)(=O)c2[nH]ncc2C(=O)O)c(C)c1O. The molecule has 1 aromatic heterocycles. The summed E-state index contributed by atoms with van der Waals surface area (Å²) in [6, 6.07) is 3.03. The Kier molecular flexibility index (Phi) is 3.60. The van der Waals surface area contributed by atoms with E-state index in [1.807, 2.05) is 0 Å². The zero-order valence-corrected chi connectivity index (χ0v) is 12.0. The number of nitrogens with one attached hydrogen (secondary N) is 2. The number of carboxylic acid groups (broad SMARTS) is 1. The van der Waals surface area contributed by atoms with Gasteiger partial charge in [-0.15, -0.1) is 0 Å². The summed E-state index contributed by atoms with van der Waals surface area (Å²) in [5.74, 6) is -1.44. The van der Waals surface area contributed by atoms with Gasteiger partial charge in [-0.3, -0.25) is 9.82 Å². The molecule has 0 aliphatic heterocycles. The minimum absolute atomic E-state index is 0.0294. The second kappa shape index (κ2) is 5.09. The van der Waals surface area contributed by atoms with Crippen molar-refractivity contribution in [1.82, 2.24) is 10.2 Å². The molecule has 0 spiro atoms. The standard InChI is InChI=1S/C12H13N3O5S/c1-6-3-4-9(7(2)10(6)16)15-21(19,20)11-8(12(17)18)5-13-14-11/h3-5,15-16H,1-2H3,(H,13,14)(H,17,18). The maximum atomic E-state index is 12.2. The topological polar surface area (TPSA) is 132 Å². The number of anilines is 1. The molecule has 21 heavy (non-hydrogen) atoms. The minimum Gasteiger partial charge on any atom is -0.507 e. The number of carboxylic acids is 1. The lowest BCUT2D eigenvalue weighted by Gasteiger charge is -2.12. The number of aromatic hydroxyl groups is 1. The first-order valence-corrected chi connectivity index (χ1v) is 7.31. The van der Waals surface area contributed by atoms with Gasteiger partial charge in [-0.2, -0.15) is 13.5 Å². The van der Waals surface area contributed by atoms with E-state index in [-0.39, 0.29) is 11.4 Å². The smallest absolute Gasteiger partial charge is 0.340 e. The van der Waals surface area contributed by atoms with Crippen LogP contribution in [-0.4, -0.2) is 34.8 Å². The Morgan fingerprint density at radius 3 is 2.62 bits per heavy atom. The van der Waals surface area contributed by atoms with Gasteiger partial charge in [-0.25, -0.2) is 4.79 Å². The quantitative estimate of drug-likeness (QED) is 0.671. The number of H-pyrrole nitrogens is 1. The summed E-state index contributed by atoms with van der Waals surface area (Å²) in [5, 5.41) is 23.8. The number of aromatic amines is 1. The van der Waals surface area contributed by atoms with Crippen LogP contribution in [0.1, 0.15) is 21.5 Å². The summed E-state index contributed by atoms with van der Waals surface area (Å²) in [6.45, 7) is 3.23. The van der Waals surface area contributed by atoms with Crippen molar-refractivity contribution in [2.75, 3.05) is 4.72 Å². The van der Waals surface area contributed by atoms with Gasteiger partial charge < -0.3 is 10.2 Å². The fraction of sp³-hybridized carbons (Fsp3) is 0.167. The fourth-order valence-corrected chi connectivity index (χ4v) is 2.99. The van der Waals surface area contributed by atoms with Crippen molar-refractivity contribution in [1.29, 1.82) is 0 Å². The van der Waals surface area contributed by atoms with E-state index in [0.717, 1.165) is 6.20 Å². The first-order chi connectivity index (χ1) is 9.74. The molecule has 0 amide bonds. The zero-order valence-electron chi connectivity index (χ0n) is 11.2. The number of aromatic carboxylic acids is 1. The third-order valence-electron chi connectivity index (χ3n) is 2.98. The van der Waals surface area contributed by atoms with Crippen LogP contribution in [-0.2, 0) is 10.0 Å². The lowest BCUT2D eigenvalue weighted by atomic mass is 10.1. The Balaban J connectivity index is 2.45. The van der Waals surface area contributed by atoms with Crippen LogP contribution in [0.25, 0.3) is 0 Å². The van der Waals surface area contributed by atoms with Crippen LogP contribution < -0.4 is 4.72 Å². The molecular weight excluding hydrogens is 298 g/mol. The summed E-state index contributed by atoms with van der Waals surface area (Å²) in [7, 11) is -4.16. The predicted octanol–water partition coefficient (Wildman–Crippen LogP) is 1.23. The van der Waals surface area contributed by atoms with Crippen LogP contribution in [0.15, 0.2) is 23.4 Å². The summed E-state index contributed by atoms with van der Waals surface area (Å²) < 4.78 is 26.6. The normalized spacial score (nSPS) is 11.3. The number of rotatable bonds is 4. The molecular formula is C12H13N3O5S. The van der Waals surface area contributed by atoms with Gasteiger partial charge in [0, 0.05) is 5.56 Å². The molecule has 0 atom stereocenters. The van der Waals surface area contributed by atoms with E-state index in [2.05, 4.69) is 14.9 Å². The number of aromatic nitrogens is 2. The molecule has 0 bridgehead atoms. The van der Waals surface area contributed by atoms with Crippen molar-refractivity contribution in [3.63, 3.8) is 0 Å². The van der Waals surface area contributed by atoms with Crippen LogP contribution in [0.3, 0.4) is 0 Å². The second-order valence-electron chi connectivity index (χ2n) is 4.43.